The summed E-state index contributed by atoms with van der Waals surface area (Å²) in [6, 6.07) is 7.44. The first-order valence-electron chi connectivity index (χ1n) is 5.95. The minimum absolute atomic E-state index is 0.285. The van der Waals surface area contributed by atoms with Crippen LogP contribution in [0.2, 0.25) is 0 Å². The van der Waals surface area contributed by atoms with Crippen molar-refractivity contribution in [1.82, 2.24) is 14.8 Å². The van der Waals surface area contributed by atoms with E-state index in [1.807, 2.05) is 24.3 Å². The molecule has 0 radical (unpaired) electrons. The summed E-state index contributed by atoms with van der Waals surface area (Å²) in [6.07, 6.45) is 3.18. The van der Waals surface area contributed by atoms with Crippen LogP contribution in [0.15, 0.2) is 36.9 Å². The van der Waals surface area contributed by atoms with Crippen molar-refractivity contribution < 1.29 is 9.53 Å². The van der Waals surface area contributed by atoms with Crippen LogP contribution in [0.3, 0.4) is 0 Å². The number of ether oxygens (including phenoxy) is 1. The number of carbonyl (C=O) groups excluding carboxylic acids is 1. The van der Waals surface area contributed by atoms with Crippen molar-refractivity contribution in [3.8, 4) is 0 Å². The Morgan fingerprint density at radius 1 is 1.42 bits per heavy atom. The fourth-order valence-electron chi connectivity index (χ4n) is 1.69. The fraction of sp³-hybridized carbons (Fsp3) is 0.308. The lowest BCUT2D eigenvalue weighted by molar-refractivity contribution is -0.141. The summed E-state index contributed by atoms with van der Waals surface area (Å²) in [5.41, 5.74) is 1.99. The summed E-state index contributed by atoms with van der Waals surface area (Å²) in [5.74, 6) is -0.285. The lowest BCUT2D eigenvalue weighted by atomic mass is 10.2. The van der Waals surface area contributed by atoms with Crippen LogP contribution in [0.4, 0.5) is 5.69 Å². The average Bonchev–Trinajstić information content (AvgIpc) is 2.93. The molecule has 0 spiro atoms. The minimum atomic E-state index is -0.369. The quantitative estimate of drug-likeness (QED) is 0.821. The van der Waals surface area contributed by atoms with E-state index in [0.29, 0.717) is 6.54 Å². The van der Waals surface area contributed by atoms with E-state index in [1.54, 1.807) is 17.9 Å². The van der Waals surface area contributed by atoms with Gasteiger partial charge in [-0.15, -0.1) is 0 Å². The Labute approximate surface area is 111 Å². The smallest absolute Gasteiger partial charge is 0.327 e. The van der Waals surface area contributed by atoms with Gasteiger partial charge in [0.1, 0.15) is 18.7 Å². The molecule has 0 aliphatic rings. The Morgan fingerprint density at radius 2 is 2.16 bits per heavy atom. The van der Waals surface area contributed by atoms with Gasteiger partial charge in [-0.25, -0.2) is 14.5 Å². The fourth-order valence-corrected chi connectivity index (χ4v) is 1.69. The van der Waals surface area contributed by atoms with Gasteiger partial charge in [0, 0.05) is 5.69 Å². The van der Waals surface area contributed by atoms with Gasteiger partial charge >= 0.3 is 5.97 Å². The van der Waals surface area contributed by atoms with Crippen molar-refractivity contribution >= 4 is 11.7 Å². The highest BCUT2D eigenvalue weighted by molar-refractivity contribution is 5.78. The molecule has 1 atom stereocenters. The first-order chi connectivity index (χ1) is 9.19. The highest BCUT2D eigenvalue weighted by Gasteiger charge is 2.11. The number of anilines is 1. The molecular formula is C13H16N4O2. The van der Waals surface area contributed by atoms with Gasteiger partial charge in [0.05, 0.1) is 13.7 Å². The topological polar surface area (TPSA) is 69.0 Å². The molecule has 1 unspecified atom stereocenters. The number of hydrogen-bond acceptors (Lipinski definition) is 5. The zero-order chi connectivity index (χ0) is 13.7. The second-order valence-corrected chi connectivity index (χ2v) is 4.18. The molecule has 0 bridgehead atoms. The van der Waals surface area contributed by atoms with Gasteiger partial charge in [-0.05, 0) is 24.6 Å². The summed E-state index contributed by atoms with van der Waals surface area (Å²) < 4.78 is 6.41. The molecule has 2 rings (SSSR count). The van der Waals surface area contributed by atoms with E-state index < -0.39 is 0 Å². The van der Waals surface area contributed by atoms with E-state index in [4.69, 9.17) is 0 Å². The SMILES string of the molecule is COC(=O)C(C)Nc1ccc(Cn2cncn2)cc1. The molecule has 0 amide bonds. The van der Waals surface area contributed by atoms with E-state index in [2.05, 4.69) is 20.1 Å². The number of esters is 1. The number of methoxy groups -OCH3 is 1. The molecule has 1 heterocycles. The Hall–Kier alpha value is -2.37. The Kier molecular flexibility index (Phi) is 4.12. The normalized spacial score (nSPS) is 11.9. The van der Waals surface area contributed by atoms with Gasteiger partial charge < -0.3 is 10.1 Å². The largest absolute Gasteiger partial charge is 0.467 e. The molecule has 100 valence electrons. The van der Waals surface area contributed by atoms with Gasteiger partial charge in [0.25, 0.3) is 0 Å². The summed E-state index contributed by atoms with van der Waals surface area (Å²) in [7, 11) is 1.38. The molecule has 1 aromatic heterocycles. The number of hydrogen-bond donors (Lipinski definition) is 1. The maximum atomic E-state index is 11.3. The molecular weight excluding hydrogens is 244 g/mol. The highest BCUT2D eigenvalue weighted by atomic mass is 16.5. The first kappa shape index (κ1) is 13.1. The van der Waals surface area contributed by atoms with Crippen molar-refractivity contribution in [2.24, 2.45) is 0 Å². The van der Waals surface area contributed by atoms with Crippen LogP contribution < -0.4 is 5.32 Å². The van der Waals surface area contributed by atoms with Crippen LogP contribution in [-0.2, 0) is 16.1 Å². The summed E-state index contributed by atoms with van der Waals surface area (Å²) in [4.78, 5) is 15.2. The predicted molar refractivity (Wildman–Crippen MR) is 70.7 cm³/mol. The molecule has 0 aliphatic carbocycles. The van der Waals surface area contributed by atoms with Crippen molar-refractivity contribution in [3.63, 3.8) is 0 Å². The lowest BCUT2D eigenvalue weighted by Gasteiger charge is -2.13. The molecule has 0 saturated heterocycles. The van der Waals surface area contributed by atoms with Crippen LogP contribution in [0, 0.1) is 0 Å². The zero-order valence-corrected chi connectivity index (χ0v) is 10.9. The van der Waals surface area contributed by atoms with Gasteiger partial charge in [0.15, 0.2) is 0 Å². The number of aromatic nitrogens is 3. The Balaban J connectivity index is 1.96. The van der Waals surface area contributed by atoms with E-state index in [-0.39, 0.29) is 12.0 Å². The molecule has 2 aromatic rings. The van der Waals surface area contributed by atoms with E-state index in [0.717, 1.165) is 11.3 Å². The van der Waals surface area contributed by atoms with Crippen molar-refractivity contribution in [1.29, 1.82) is 0 Å². The van der Waals surface area contributed by atoms with E-state index in [1.165, 1.54) is 13.4 Å². The molecule has 19 heavy (non-hydrogen) atoms. The van der Waals surface area contributed by atoms with Crippen LogP contribution >= 0.6 is 0 Å². The van der Waals surface area contributed by atoms with Gasteiger partial charge in [0.2, 0.25) is 0 Å². The van der Waals surface area contributed by atoms with Crippen LogP contribution in [0.1, 0.15) is 12.5 Å². The molecule has 0 aliphatic heterocycles. The van der Waals surface area contributed by atoms with Crippen molar-refractivity contribution in [3.05, 3.63) is 42.5 Å². The zero-order valence-electron chi connectivity index (χ0n) is 10.9. The Morgan fingerprint density at radius 3 is 2.74 bits per heavy atom. The molecule has 6 heteroatoms. The lowest BCUT2D eigenvalue weighted by Crippen LogP contribution is -2.27. The van der Waals surface area contributed by atoms with Crippen molar-refractivity contribution in [2.45, 2.75) is 19.5 Å². The van der Waals surface area contributed by atoms with E-state index in [9.17, 15) is 4.79 Å². The third kappa shape index (κ3) is 3.54. The monoisotopic (exact) mass is 260 g/mol. The van der Waals surface area contributed by atoms with Crippen molar-refractivity contribution in [2.75, 3.05) is 12.4 Å². The van der Waals surface area contributed by atoms with E-state index >= 15 is 0 Å². The number of carbonyl (C=O) groups is 1. The maximum absolute atomic E-state index is 11.3. The number of nitrogens with zero attached hydrogens (tertiary/aromatic N) is 3. The minimum Gasteiger partial charge on any atom is -0.467 e. The molecule has 0 saturated carbocycles. The van der Waals surface area contributed by atoms with Crippen LogP contribution in [-0.4, -0.2) is 33.9 Å². The second kappa shape index (κ2) is 5.99. The summed E-state index contributed by atoms with van der Waals surface area (Å²) >= 11 is 0. The summed E-state index contributed by atoms with van der Waals surface area (Å²) in [6.45, 7) is 2.43. The standard InChI is InChI=1S/C13H16N4O2/c1-10(13(18)19-2)16-12-5-3-11(4-6-12)7-17-9-14-8-15-17/h3-6,8-10,16H,7H2,1-2H3. The first-order valence-corrected chi connectivity index (χ1v) is 5.95. The number of nitrogens with one attached hydrogen (secondary N) is 1. The number of benzene rings is 1. The highest BCUT2D eigenvalue weighted by Crippen LogP contribution is 2.12. The van der Waals surface area contributed by atoms with Crippen LogP contribution in [0.25, 0.3) is 0 Å². The molecule has 0 fully saturated rings. The Bertz CT molecular complexity index is 522. The van der Waals surface area contributed by atoms with Gasteiger partial charge in [-0.2, -0.15) is 5.10 Å². The number of rotatable bonds is 5. The van der Waals surface area contributed by atoms with Gasteiger partial charge in [-0.1, -0.05) is 12.1 Å². The van der Waals surface area contributed by atoms with Gasteiger partial charge in [-0.3, -0.25) is 0 Å². The molecule has 1 aromatic carbocycles. The maximum Gasteiger partial charge on any atom is 0.327 e. The molecule has 6 nitrogen and oxygen atoms in total. The predicted octanol–water partition coefficient (Wildman–Crippen LogP) is 1.30. The molecule has 1 N–H and O–H groups in total. The third-order valence-electron chi connectivity index (χ3n) is 2.70. The van der Waals surface area contributed by atoms with Crippen LogP contribution in [0.5, 0.6) is 0 Å². The second-order valence-electron chi connectivity index (χ2n) is 4.18. The third-order valence-corrected chi connectivity index (χ3v) is 2.70. The summed E-state index contributed by atoms with van der Waals surface area (Å²) in [5, 5.41) is 7.11. The average molecular weight is 260 g/mol.